The molecule has 2 aromatic rings. The van der Waals surface area contributed by atoms with Gasteiger partial charge in [-0.05, 0) is 18.2 Å². The summed E-state index contributed by atoms with van der Waals surface area (Å²) in [7, 11) is 0. The van der Waals surface area contributed by atoms with Crippen LogP contribution in [-0.4, -0.2) is 28.9 Å². The number of benzene rings is 1. The molecular formula is C15H18N4O3. The van der Waals surface area contributed by atoms with E-state index in [-0.39, 0.29) is 17.5 Å². The van der Waals surface area contributed by atoms with Gasteiger partial charge in [-0.2, -0.15) is 0 Å². The zero-order valence-electron chi connectivity index (χ0n) is 12.5. The fourth-order valence-corrected chi connectivity index (χ4v) is 2.05. The van der Waals surface area contributed by atoms with Crippen molar-refractivity contribution >= 4 is 28.2 Å². The van der Waals surface area contributed by atoms with Gasteiger partial charge in [0.05, 0.1) is 16.0 Å². The van der Waals surface area contributed by atoms with Crippen molar-refractivity contribution in [1.82, 2.24) is 10.3 Å². The SMILES string of the molecule is CC(C)C(=O)NCCNc1ccc([N+](=O)[O-])c2cccnc12. The zero-order valence-corrected chi connectivity index (χ0v) is 12.5. The molecule has 0 saturated heterocycles. The normalized spacial score (nSPS) is 10.7. The molecule has 1 amide bonds. The van der Waals surface area contributed by atoms with Crippen molar-refractivity contribution in [3.63, 3.8) is 0 Å². The van der Waals surface area contributed by atoms with Crippen molar-refractivity contribution in [3.8, 4) is 0 Å². The predicted molar refractivity (Wildman–Crippen MR) is 84.7 cm³/mol. The number of hydrogen-bond donors (Lipinski definition) is 2. The monoisotopic (exact) mass is 302 g/mol. The number of non-ortho nitro benzene ring substituents is 1. The lowest BCUT2D eigenvalue weighted by atomic mass is 10.1. The highest BCUT2D eigenvalue weighted by Crippen LogP contribution is 2.29. The average molecular weight is 302 g/mol. The number of pyridine rings is 1. The molecule has 116 valence electrons. The van der Waals surface area contributed by atoms with E-state index in [0.717, 1.165) is 0 Å². The molecule has 0 spiro atoms. The maximum absolute atomic E-state index is 11.5. The van der Waals surface area contributed by atoms with Crippen LogP contribution in [-0.2, 0) is 4.79 Å². The Labute approximate surface area is 127 Å². The van der Waals surface area contributed by atoms with Crippen molar-refractivity contribution < 1.29 is 9.72 Å². The Kier molecular flexibility index (Phi) is 4.88. The van der Waals surface area contributed by atoms with Crippen LogP contribution < -0.4 is 10.6 Å². The lowest BCUT2D eigenvalue weighted by Gasteiger charge is -2.11. The van der Waals surface area contributed by atoms with E-state index < -0.39 is 4.92 Å². The summed E-state index contributed by atoms with van der Waals surface area (Å²) in [6.45, 7) is 4.65. The van der Waals surface area contributed by atoms with Crippen molar-refractivity contribution in [2.24, 2.45) is 5.92 Å². The van der Waals surface area contributed by atoms with Crippen LogP contribution >= 0.6 is 0 Å². The van der Waals surface area contributed by atoms with Gasteiger partial charge >= 0.3 is 0 Å². The molecule has 0 atom stereocenters. The molecule has 0 aliphatic carbocycles. The van der Waals surface area contributed by atoms with Gasteiger partial charge in [-0.25, -0.2) is 0 Å². The number of nitrogens with one attached hydrogen (secondary N) is 2. The van der Waals surface area contributed by atoms with Crippen LogP contribution in [0.4, 0.5) is 11.4 Å². The lowest BCUT2D eigenvalue weighted by molar-refractivity contribution is -0.383. The fraction of sp³-hybridized carbons (Fsp3) is 0.333. The molecule has 7 nitrogen and oxygen atoms in total. The first-order chi connectivity index (χ1) is 10.5. The highest BCUT2D eigenvalue weighted by atomic mass is 16.6. The topological polar surface area (TPSA) is 97.2 Å². The van der Waals surface area contributed by atoms with Gasteiger partial charge in [0.15, 0.2) is 0 Å². The Morgan fingerprint density at radius 3 is 2.77 bits per heavy atom. The Bertz CT molecular complexity index is 700. The second-order valence-corrected chi connectivity index (χ2v) is 5.16. The predicted octanol–water partition coefficient (Wildman–Crippen LogP) is 2.33. The quantitative estimate of drug-likeness (QED) is 0.485. The van der Waals surface area contributed by atoms with Crippen LogP contribution in [0.2, 0.25) is 0 Å². The number of nitro benzene ring substituents is 1. The van der Waals surface area contributed by atoms with E-state index >= 15 is 0 Å². The van der Waals surface area contributed by atoms with Gasteiger partial charge in [-0.15, -0.1) is 0 Å². The largest absolute Gasteiger partial charge is 0.382 e. The zero-order chi connectivity index (χ0) is 16.1. The molecule has 1 heterocycles. The standard InChI is InChI=1S/C15H18N4O3/c1-10(2)15(20)18-9-8-16-12-5-6-13(19(21)22)11-4-3-7-17-14(11)12/h3-7,10,16H,8-9H2,1-2H3,(H,18,20). The summed E-state index contributed by atoms with van der Waals surface area (Å²) in [6, 6.07) is 6.44. The summed E-state index contributed by atoms with van der Waals surface area (Å²) in [5, 5.41) is 17.5. The second kappa shape index (κ2) is 6.84. The lowest BCUT2D eigenvalue weighted by Crippen LogP contribution is -2.31. The number of nitro groups is 1. The summed E-state index contributed by atoms with van der Waals surface area (Å²) in [4.78, 5) is 26.3. The molecule has 0 unspecified atom stereocenters. The molecule has 1 aromatic carbocycles. The van der Waals surface area contributed by atoms with E-state index in [0.29, 0.717) is 29.7 Å². The van der Waals surface area contributed by atoms with Crippen LogP contribution in [0.1, 0.15) is 13.8 Å². The molecular weight excluding hydrogens is 284 g/mol. The number of rotatable bonds is 6. The molecule has 0 bridgehead atoms. The highest BCUT2D eigenvalue weighted by Gasteiger charge is 2.14. The highest BCUT2D eigenvalue weighted by molar-refractivity contribution is 5.96. The van der Waals surface area contributed by atoms with Crippen LogP contribution in [0, 0.1) is 16.0 Å². The van der Waals surface area contributed by atoms with Crippen molar-refractivity contribution in [1.29, 1.82) is 0 Å². The maximum atomic E-state index is 11.5. The first-order valence-electron chi connectivity index (χ1n) is 7.04. The van der Waals surface area contributed by atoms with Gasteiger partial charge in [0, 0.05) is 31.3 Å². The molecule has 0 aliphatic heterocycles. The van der Waals surface area contributed by atoms with Crippen molar-refractivity contribution in [3.05, 3.63) is 40.6 Å². The minimum absolute atomic E-state index is 0.00603. The molecule has 2 rings (SSSR count). The number of fused-ring (bicyclic) bond motifs is 1. The number of carbonyl (C=O) groups is 1. The summed E-state index contributed by atoms with van der Waals surface area (Å²) in [5.41, 5.74) is 1.29. The molecule has 2 N–H and O–H groups in total. The van der Waals surface area contributed by atoms with Crippen LogP contribution in [0.25, 0.3) is 10.9 Å². The molecule has 0 radical (unpaired) electrons. The minimum atomic E-state index is -0.420. The van der Waals surface area contributed by atoms with Crippen LogP contribution in [0.3, 0.4) is 0 Å². The number of nitrogens with zero attached hydrogens (tertiary/aromatic N) is 2. The number of amides is 1. The molecule has 0 saturated carbocycles. The molecule has 7 heteroatoms. The Hall–Kier alpha value is -2.70. The number of anilines is 1. The van der Waals surface area contributed by atoms with Crippen molar-refractivity contribution in [2.75, 3.05) is 18.4 Å². The summed E-state index contributed by atoms with van der Waals surface area (Å²) in [6.07, 6.45) is 1.60. The summed E-state index contributed by atoms with van der Waals surface area (Å²) < 4.78 is 0. The van der Waals surface area contributed by atoms with Crippen molar-refractivity contribution in [2.45, 2.75) is 13.8 Å². The second-order valence-electron chi connectivity index (χ2n) is 5.16. The molecule has 0 fully saturated rings. The third-order valence-corrected chi connectivity index (χ3v) is 3.21. The van der Waals surface area contributed by atoms with Gasteiger partial charge in [-0.1, -0.05) is 13.8 Å². The van der Waals surface area contributed by atoms with E-state index in [1.165, 1.54) is 6.07 Å². The smallest absolute Gasteiger partial charge is 0.278 e. The van der Waals surface area contributed by atoms with E-state index in [2.05, 4.69) is 15.6 Å². The van der Waals surface area contributed by atoms with E-state index in [4.69, 9.17) is 0 Å². The number of aromatic nitrogens is 1. The Morgan fingerprint density at radius 1 is 1.32 bits per heavy atom. The van der Waals surface area contributed by atoms with Gasteiger partial charge in [0.2, 0.25) is 5.91 Å². The number of hydrogen-bond acceptors (Lipinski definition) is 5. The maximum Gasteiger partial charge on any atom is 0.278 e. The van der Waals surface area contributed by atoms with Gasteiger partial charge in [0.25, 0.3) is 5.69 Å². The third kappa shape index (κ3) is 3.49. The van der Waals surface area contributed by atoms with E-state index in [9.17, 15) is 14.9 Å². The van der Waals surface area contributed by atoms with E-state index in [1.807, 2.05) is 13.8 Å². The van der Waals surface area contributed by atoms with Gasteiger partial charge in [0.1, 0.15) is 5.52 Å². The third-order valence-electron chi connectivity index (χ3n) is 3.21. The summed E-state index contributed by atoms with van der Waals surface area (Å²) >= 11 is 0. The molecule has 1 aromatic heterocycles. The minimum Gasteiger partial charge on any atom is -0.382 e. The van der Waals surface area contributed by atoms with Crippen LogP contribution in [0.15, 0.2) is 30.5 Å². The number of carbonyl (C=O) groups excluding carboxylic acids is 1. The Balaban J connectivity index is 2.11. The fourth-order valence-electron chi connectivity index (χ4n) is 2.05. The first kappa shape index (κ1) is 15.7. The van der Waals surface area contributed by atoms with Crippen LogP contribution in [0.5, 0.6) is 0 Å². The molecule has 22 heavy (non-hydrogen) atoms. The van der Waals surface area contributed by atoms with Gasteiger partial charge < -0.3 is 10.6 Å². The summed E-state index contributed by atoms with van der Waals surface area (Å²) in [5.74, 6) is -0.0599. The molecule has 0 aliphatic rings. The van der Waals surface area contributed by atoms with E-state index in [1.54, 1.807) is 24.4 Å². The first-order valence-corrected chi connectivity index (χ1v) is 7.04. The average Bonchev–Trinajstić information content (AvgIpc) is 2.50. The van der Waals surface area contributed by atoms with Gasteiger partial charge in [-0.3, -0.25) is 19.9 Å². The Morgan fingerprint density at radius 2 is 2.09 bits per heavy atom.